The van der Waals surface area contributed by atoms with E-state index >= 15 is 0 Å². The van der Waals surface area contributed by atoms with Crippen LogP contribution in [0.2, 0.25) is 0 Å². The van der Waals surface area contributed by atoms with Crippen LogP contribution >= 0.6 is 21.6 Å². The lowest BCUT2D eigenvalue weighted by Gasteiger charge is -2.07. The molecule has 0 aliphatic heterocycles. The van der Waals surface area contributed by atoms with E-state index in [0.717, 1.165) is 0 Å². The lowest BCUT2D eigenvalue weighted by atomic mass is 10.1. The summed E-state index contributed by atoms with van der Waals surface area (Å²) in [6.07, 6.45) is 0. The van der Waals surface area contributed by atoms with Gasteiger partial charge in [0.1, 0.15) is 0 Å². The number of benzene rings is 2. The van der Waals surface area contributed by atoms with Gasteiger partial charge >= 0.3 is 56.9 Å². The average molecular weight is 724 g/mol. The maximum absolute atomic E-state index is 13.0. The van der Waals surface area contributed by atoms with Crippen LogP contribution in [0.3, 0.4) is 0 Å². The van der Waals surface area contributed by atoms with Crippen LogP contribution < -0.4 is 0 Å². The van der Waals surface area contributed by atoms with Crippen LogP contribution in [0.15, 0.2) is 0 Å². The normalized spacial score (nSPS) is 10.4. The predicted molar refractivity (Wildman–Crippen MR) is 143 cm³/mol. The topological polar surface area (TPSA) is 466 Å². The smallest absolute Gasteiger partial charge is 0.280 e. The van der Waals surface area contributed by atoms with E-state index in [1.54, 1.807) is 0 Å². The second-order valence-corrected chi connectivity index (χ2v) is 9.62. The van der Waals surface area contributed by atoms with E-state index in [1.165, 1.54) is 0 Å². The zero-order valence-electron chi connectivity index (χ0n) is 21.3. The van der Waals surface area contributed by atoms with Crippen molar-refractivity contribution >= 4 is 88.7 Å². The van der Waals surface area contributed by atoms with Crippen molar-refractivity contribution in [3.05, 3.63) is 112 Å². The maximum atomic E-state index is 13.0. The zero-order chi connectivity index (χ0) is 37.3. The SMILES string of the molecule is O=C(SSC(=O)c1c([N+](=O)[O-])c([N+](=O)[O-])c([N+](=O)[O-])c([N+](=O)[O-])c1[N+](=O)[O-])c1c([N+](=O)[O-])c([N+](=O)[O-])c([N+](=O)[O-])c([N+](=O)[O-])c1[N+](=O)[O-]. The second kappa shape index (κ2) is 13.2. The third-order valence-corrected chi connectivity index (χ3v) is 7.12. The summed E-state index contributed by atoms with van der Waals surface area (Å²) < 4.78 is 0. The van der Waals surface area contributed by atoms with E-state index in [-0.39, 0.29) is 0 Å². The number of nitro groups is 10. The molecule has 0 heterocycles. The minimum absolute atomic E-state index is 0.984. The molecule has 0 saturated heterocycles. The van der Waals surface area contributed by atoms with Crippen molar-refractivity contribution in [1.29, 1.82) is 0 Å². The van der Waals surface area contributed by atoms with Gasteiger partial charge in [-0.25, -0.2) is 0 Å². The molecule has 2 rings (SSSR count). The van der Waals surface area contributed by atoms with Crippen LogP contribution in [0.5, 0.6) is 0 Å². The molecule has 0 unspecified atom stereocenters. The lowest BCUT2D eigenvalue weighted by Crippen LogP contribution is -2.14. The van der Waals surface area contributed by atoms with E-state index in [0.29, 0.717) is 0 Å². The molecule has 0 saturated carbocycles. The predicted octanol–water partition coefficient (Wildman–Crippen LogP) is 3.13. The van der Waals surface area contributed by atoms with Gasteiger partial charge in [-0.2, -0.15) is 0 Å². The standard InChI is InChI=1S/C14N10O22S2/c25-13(1-3(15(27)28)7(19(35)36)11(23(43)44)8(20(37)38)4(1)16(29)30)47-48-14(26)2-5(17(31)32)9(21(39)40)12(24(45)46)10(22(41)42)6(2)18(33)34. The zero-order valence-corrected chi connectivity index (χ0v) is 22.9. The minimum Gasteiger partial charge on any atom is -0.280 e. The second-order valence-electron chi connectivity index (χ2n) is 7.55. The van der Waals surface area contributed by atoms with Crippen molar-refractivity contribution in [3.63, 3.8) is 0 Å². The summed E-state index contributed by atoms with van der Waals surface area (Å²) in [7, 11) is -1.97. The van der Waals surface area contributed by atoms with E-state index in [4.69, 9.17) is 0 Å². The highest BCUT2D eigenvalue weighted by molar-refractivity contribution is 8.87. The fourth-order valence-corrected chi connectivity index (χ4v) is 5.32. The van der Waals surface area contributed by atoms with E-state index < -0.39 is 149 Å². The summed E-state index contributed by atoms with van der Waals surface area (Å²) in [5, 5.41) is 111. The Balaban J connectivity index is 3.08. The van der Waals surface area contributed by atoms with Gasteiger partial charge in [0.2, 0.25) is 21.4 Å². The van der Waals surface area contributed by atoms with Crippen LogP contribution in [-0.4, -0.2) is 59.5 Å². The first-order valence-corrected chi connectivity index (χ1v) is 12.5. The van der Waals surface area contributed by atoms with E-state index in [1.807, 2.05) is 0 Å². The first-order chi connectivity index (χ1) is 22.0. The lowest BCUT2D eigenvalue weighted by molar-refractivity contribution is -0.460. The molecular formula is C14N10O22S2. The third kappa shape index (κ3) is 6.19. The molecule has 0 fully saturated rings. The summed E-state index contributed by atoms with van der Waals surface area (Å²) >= 11 is 0. The molecule has 250 valence electrons. The molecular weight excluding hydrogens is 724 g/mol. The minimum atomic E-state index is -2.48. The van der Waals surface area contributed by atoms with Crippen molar-refractivity contribution in [1.82, 2.24) is 0 Å². The molecule has 0 N–H and O–H groups in total. The van der Waals surface area contributed by atoms with Gasteiger partial charge in [-0.3, -0.25) is 111 Å². The molecule has 32 nitrogen and oxygen atoms in total. The number of nitro benzene ring substituents is 10. The van der Waals surface area contributed by atoms with Gasteiger partial charge in [0.15, 0.2) is 0 Å². The number of rotatable bonds is 12. The largest absolute Gasteiger partial charge is 0.437 e. The van der Waals surface area contributed by atoms with Crippen LogP contribution in [-0.2, 0) is 0 Å². The fourth-order valence-electron chi connectivity index (χ4n) is 3.67. The Hall–Kier alpha value is -7.52. The van der Waals surface area contributed by atoms with Gasteiger partial charge in [0.25, 0.3) is 0 Å². The first kappa shape index (κ1) is 36.7. The molecule has 0 aliphatic carbocycles. The van der Waals surface area contributed by atoms with Crippen LogP contribution in [0.1, 0.15) is 20.7 Å². The van der Waals surface area contributed by atoms with Crippen LogP contribution in [0.4, 0.5) is 56.9 Å². The summed E-state index contributed by atoms with van der Waals surface area (Å²) in [6.45, 7) is 0. The highest BCUT2D eigenvalue weighted by Crippen LogP contribution is 2.55. The number of nitrogens with zero attached hydrogens (tertiary/aromatic N) is 10. The van der Waals surface area contributed by atoms with Crippen LogP contribution in [0, 0.1) is 101 Å². The molecule has 0 bridgehead atoms. The molecule has 48 heavy (non-hydrogen) atoms. The van der Waals surface area contributed by atoms with E-state index in [9.17, 15) is 111 Å². The summed E-state index contributed by atoms with van der Waals surface area (Å²) in [4.78, 5) is 121. The third-order valence-electron chi connectivity index (χ3n) is 5.17. The average Bonchev–Trinajstić information content (AvgIpc) is 2.95. The first-order valence-electron chi connectivity index (χ1n) is 10.4. The quantitative estimate of drug-likeness (QED) is 0.172. The van der Waals surface area contributed by atoms with Crippen molar-refractivity contribution < 1.29 is 58.8 Å². The van der Waals surface area contributed by atoms with Gasteiger partial charge in [0, 0.05) is 0 Å². The Bertz CT molecular complexity index is 1760. The Kier molecular flexibility index (Phi) is 10.1. The van der Waals surface area contributed by atoms with Gasteiger partial charge in [-0.05, 0) is 21.6 Å². The van der Waals surface area contributed by atoms with Gasteiger partial charge in [-0.1, -0.05) is 0 Å². The summed E-state index contributed by atoms with van der Waals surface area (Å²) in [6, 6.07) is 0. The number of hydrogen-bond acceptors (Lipinski definition) is 24. The highest BCUT2D eigenvalue weighted by Gasteiger charge is 2.58. The van der Waals surface area contributed by atoms with Crippen molar-refractivity contribution in [2.75, 3.05) is 0 Å². The Morgan fingerprint density at radius 3 is 0.542 bits per heavy atom. The molecule has 0 aromatic heterocycles. The Labute approximate surface area is 260 Å². The Morgan fingerprint density at radius 1 is 0.292 bits per heavy atom. The van der Waals surface area contributed by atoms with Gasteiger partial charge in [-0.15, -0.1) is 0 Å². The molecule has 0 spiro atoms. The number of carbonyl (C=O) groups excluding carboxylic acids is 2. The number of hydrogen-bond donors (Lipinski definition) is 0. The highest BCUT2D eigenvalue weighted by atomic mass is 33.1. The fraction of sp³-hybridized carbons (Fsp3) is 0. The van der Waals surface area contributed by atoms with E-state index in [2.05, 4.69) is 0 Å². The van der Waals surface area contributed by atoms with Gasteiger partial charge < -0.3 is 0 Å². The monoisotopic (exact) mass is 724 g/mol. The summed E-state index contributed by atoms with van der Waals surface area (Å²) in [5.74, 6) is 0. The molecule has 2 aromatic carbocycles. The molecule has 0 aliphatic rings. The summed E-state index contributed by atoms with van der Waals surface area (Å²) in [5.41, 5.74) is -29.2. The molecule has 2 aromatic rings. The molecule has 34 heteroatoms. The molecule has 0 atom stereocenters. The molecule has 0 amide bonds. The number of carbonyl (C=O) groups is 2. The molecule has 0 radical (unpaired) electrons. The van der Waals surface area contributed by atoms with Crippen molar-refractivity contribution in [2.45, 2.75) is 0 Å². The van der Waals surface area contributed by atoms with Crippen LogP contribution in [0.25, 0.3) is 0 Å². The van der Waals surface area contributed by atoms with Gasteiger partial charge in [0.05, 0.1) is 49.2 Å². The van der Waals surface area contributed by atoms with Crippen molar-refractivity contribution in [3.8, 4) is 0 Å². The van der Waals surface area contributed by atoms with Crippen molar-refractivity contribution in [2.24, 2.45) is 0 Å². The maximum Gasteiger partial charge on any atom is 0.437 e. The Morgan fingerprint density at radius 2 is 0.417 bits per heavy atom.